The van der Waals surface area contributed by atoms with E-state index in [0.717, 1.165) is 32.1 Å². The van der Waals surface area contributed by atoms with Crippen LogP contribution in [0.5, 0.6) is 0 Å². The summed E-state index contributed by atoms with van der Waals surface area (Å²) >= 11 is 0. The van der Waals surface area contributed by atoms with Crippen molar-refractivity contribution in [1.29, 1.82) is 0 Å². The van der Waals surface area contributed by atoms with Gasteiger partial charge in [0, 0.05) is 26.2 Å². The van der Waals surface area contributed by atoms with Crippen LogP contribution < -0.4 is 5.73 Å². The van der Waals surface area contributed by atoms with Crippen LogP contribution in [-0.2, 0) is 4.79 Å². The van der Waals surface area contributed by atoms with Crippen LogP contribution >= 0.6 is 0 Å². The Balaban J connectivity index is 2.38. The molecule has 0 saturated carbocycles. The van der Waals surface area contributed by atoms with E-state index in [-0.39, 0.29) is 5.91 Å². The molecule has 4 heteroatoms. The molecule has 1 heterocycles. The van der Waals surface area contributed by atoms with Crippen molar-refractivity contribution in [3.05, 3.63) is 0 Å². The van der Waals surface area contributed by atoms with Crippen molar-refractivity contribution >= 4 is 5.91 Å². The largest absolute Gasteiger partial charge is 0.368 e. The molecule has 0 atom stereocenters. The standard InChI is InChI=1S/C13H27N3O/c1-11(2)5-6-15-7-9-16(10-8-15)13(3,4)12(14)17/h11H,5-10H2,1-4H3,(H2,14,17). The second kappa shape index (κ2) is 5.83. The number of amides is 1. The van der Waals surface area contributed by atoms with Crippen molar-refractivity contribution < 1.29 is 4.79 Å². The van der Waals surface area contributed by atoms with Crippen LogP contribution in [0.3, 0.4) is 0 Å². The Morgan fingerprint density at radius 2 is 1.76 bits per heavy atom. The van der Waals surface area contributed by atoms with E-state index in [9.17, 15) is 4.79 Å². The molecule has 0 aromatic rings. The first-order chi connectivity index (χ1) is 7.84. The first kappa shape index (κ1) is 14.5. The van der Waals surface area contributed by atoms with Gasteiger partial charge >= 0.3 is 0 Å². The number of carbonyl (C=O) groups is 1. The van der Waals surface area contributed by atoms with Gasteiger partial charge in [-0.3, -0.25) is 9.69 Å². The van der Waals surface area contributed by atoms with Crippen LogP contribution in [0.15, 0.2) is 0 Å². The fraction of sp³-hybridized carbons (Fsp3) is 0.923. The Morgan fingerprint density at radius 1 is 1.24 bits per heavy atom. The third kappa shape index (κ3) is 3.96. The zero-order valence-electron chi connectivity index (χ0n) is 11.7. The molecule has 0 unspecified atom stereocenters. The van der Waals surface area contributed by atoms with Crippen molar-refractivity contribution in [3.63, 3.8) is 0 Å². The molecule has 0 radical (unpaired) electrons. The monoisotopic (exact) mass is 241 g/mol. The maximum Gasteiger partial charge on any atom is 0.237 e. The SMILES string of the molecule is CC(C)CCN1CCN(C(C)(C)C(N)=O)CC1. The predicted octanol–water partition coefficient (Wildman–Crippen LogP) is 0.914. The maximum absolute atomic E-state index is 11.4. The summed E-state index contributed by atoms with van der Waals surface area (Å²) in [6.07, 6.45) is 1.25. The summed E-state index contributed by atoms with van der Waals surface area (Å²) in [6.45, 7) is 13.5. The summed E-state index contributed by atoms with van der Waals surface area (Å²) in [7, 11) is 0. The summed E-state index contributed by atoms with van der Waals surface area (Å²) in [4.78, 5) is 16.1. The van der Waals surface area contributed by atoms with E-state index in [2.05, 4.69) is 23.6 Å². The van der Waals surface area contributed by atoms with Crippen LogP contribution in [0.4, 0.5) is 0 Å². The molecule has 1 fully saturated rings. The van der Waals surface area contributed by atoms with E-state index < -0.39 is 5.54 Å². The molecular formula is C13H27N3O. The predicted molar refractivity (Wildman–Crippen MR) is 70.7 cm³/mol. The van der Waals surface area contributed by atoms with E-state index in [4.69, 9.17) is 5.73 Å². The van der Waals surface area contributed by atoms with Crippen molar-refractivity contribution in [2.75, 3.05) is 32.7 Å². The van der Waals surface area contributed by atoms with Gasteiger partial charge in [0.2, 0.25) is 5.91 Å². The van der Waals surface area contributed by atoms with Crippen LogP contribution in [0, 0.1) is 5.92 Å². The number of rotatable bonds is 5. The van der Waals surface area contributed by atoms with Crippen molar-refractivity contribution in [2.24, 2.45) is 11.7 Å². The molecule has 0 spiro atoms. The van der Waals surface area contributed by atoms with E-state index in [0.29, 0.717) is 0 Å². The highest BCUT2D eigenvalue weighted by atomic mass is 16.1. The van der Waals surface area contributed by atoms with Crippen LogP contribution in [0.25, 0.3) is 0 Å². The number of nitrogens with zero attached hydrogens (tertiary/aromatic N) is 2. The molecule has 0 aromatic carbocycles. The van der Waals surface area contributed by atoms with Gasteiger partial charge in [0.1, 0.15) is 0 Å². The molecule has 17 heavy (non-hydrogen) atoms. The minimum absolute atomic E-state index is 0.229. The summed E-state index contributed by atoms with van der Waals surface area (Å²) in [5.74, 6) is 0.531. The highest BCUT2D eigenvalue weighted by Gasteiger charge is 2.34. The lowest BCUT2D eigenvalue weighted by molar-refractivity contribution is -0.129. The molecule has 1 saturated heterocycles. The van der Waals surface area contributed by atoms with E-state index in [1.807, 2.05) is 13.8 Å². The van der Waals surface area contributed by atoms with Gasteiger partial charge in [-0.15, -0.1) is 0 Å². The highest BCUT2D eigenvalue weighted by molar-refractivity contribution is 5.83. The molecule has 1 aliphatic heterocycles. The molecule has 0 bridgehead atoms. The van der Waals surface area contributed by atoms with Gasteiger partial charge in [0.15, 0.2) is 0 Å². The summed E-state index contributed by atoms with van der Waals surface area (Å²) in [5, 5.41) is 0. The molecule has 1 amide bonds. The molecule has 4 nitrogen and oxygen atoms in total. The maximum atomic E-state index is 11.4. The Morgan fingerprint density at radius 3 is 2.18 bits per heavy atom. The minimum Gasteiger partial charge on any atom is -0.368 e. The van der Waals surface area contributed by atoms with Crippen LogP contribution in [-0.4, -0.2) is 54.0 Å². The number of hydrogen-bond acceptors (Lipinski definition) is 3. The van der Waals surface area contributed by atoms with Crippen molar-refractivity contribution in [1.82, 2.24) is 9.80 Å². The van der Waals surface area contributed by atoms with E-state index in [1.165, 1.54) is 13.0 Å². The molecule has 2 N–H and O–H groups in total. The molecule has 1 aliphatic rings. The lowest BCUT2D eigenvalue weighted by Gasteiger charge is -2.42. The number of carbonyl (C=O) groups excluding carboxylic acids is 1. The lowest BCUT2D eigenvalue weighted by Crippen LogP contribution is -2.59. The smallest absolute Gasteiger partial charge is 0.237 e. The van der Waals surface area contributed by atoms with Crippen LogP contribution in [0.1, 0.15) is 34.1 Å². The van der Waals surface area contributed by atoms with Gasteiger partial charge in [-0.1, -0.05) is 13.8 Å². The fourth-order valence-electron chi connectivity index (χ4n) is 2.13. The summed E-state index contributed by atoms with van der Waals surface area (Å²) in [5.41, 5.74) is 4.93. The minimum atomic E-state index is -0.510. The topological polar surface area (TPSA) is 49.6 Å². The first-order valence-electron chi connectivity index (χ1n) is 6.61. The van der Waals surface area contributed by atoms with Gasteiger partial charge in [0.25, 0.3) is 0 Å². The second-order valence-electron chi connectivity index (χ2n) is 5.93. The van der Waals surface area contributed by atoms with Gasteiger partial charge in [0.05, 0.1) is 5.54 Å². The number of nitrogens with two attached hydrogens (primary N) is 1. The van der Waals surface area contributed by atoms with Gasteiger partial charge in [-0.25, -0.2) is 0 Å². The Labute approximate surface area is 105 Å². The average Bonchev–Trinajstić information content (AvgIpc) is 2.26. The van der Waals surface area contributed by atoms with Gasteiger partial charge < -0.3 is 10.6 Å². The second-order valence-corrected chi connectivity index (χ2v) is 5.93. The Bertz CT molecular complexity index is 255. The molecular weight excluding hydrogens is 214 g/mol. The third-order valence-corrected chi connectivity index (χ3v) is 3.79. The summed E-state index contributed by atoms with van der Waals surface area (Å²) in [6, 6.07) is 0. The van der Waals surface area contributed by atoms with Gasteiger partial charge in [-0.2, -0.15) is 0 Å². The molecule has 0 aliphatic carbocycles. The highest BCUT2D eigenvalue weighted by Crippen LogP contribution is 2.17. The van der Waals surface area contributed by atoms with Crippen molar-refractivity contribution in [3.8, 4) is 0 Å². The average molecular weight is 241 g/mol. The third-order valence-electron chi connectivity index (χ3n) is 3.79. The quantitative estimate of drug-likeness (QED) is 0.778. The number of primary amides is 1. The lowest BCUT2D eigenvalue weighted by atomic mass is 10.0. The fourth-order valence-corrected chi connectivity index (χ4v) is 2.13. The number of hydrogen-bond donors (Lipinski definition) is 1. The first-order valence-corrected chi connectivity index (χ1v) is 6.61. The van der Waals surface area contributed by atoms with Crippen molar-refractivity contribution in [2.45, 2.75) is 39.7 Å². The molecule has 1 rings (SSSR count). The van der Waals surface area contributed by atoms with E-state index in [1.54, 1.807) is 0 Å². The zero-order valence-corrected chi connectivity index (χ0v) is 11.7. The van der Waals surface area contributed by atoms with Gasteiger partial charge in [-0.05, 0) is 32.7 Å². The molecule has 100 valence electrons. The normalized spacial score (nSPS) is 19.8. The summed E-state index contributed by atoms with van der Waals surface area (Å²) < 4.78 is 0. The Hall–Kier alpha value is -0.610. The van der Waals surface area contributed by atoms with Crippen LogP contribution in [0.2, 0.25) is 0 Å². The zero-order chi connectivity index (χ0) is 13.1. The molecule has 0 aromatic heterocycles. The van der Waals surface area contributed by atoms with E-state index >= 15 is 0 Å². The Kier molecular flexibility index (Phi) is 4.95. The number of piperazine rings is 1.